The van der Waals surface area contributed by atoms with E-state index in [1.165, 1.54) is 16.3 Å². The van der Waals surface area contributed by atoms with Crippen molar-refractivity contribution >= 4 is 22.4 Å². The number of fused-ring (bicyclic) bond motifs is 1. The second kappa shape index (κ2) is 9.13. The molecule has 0 bridgehead atoms. The zero-order valence-electron chi connectivity index (χ0n) is 18.8. The highest BCUT2D eigenvalue weighted by molar-refractivity contribution is 6.30. The lowest BCUT2D eigenvalue weighted by Crippen LogP contribution is -2.00. The van der Waals surface area contributed by atoms with Crippen molar-refractivity contribution in [3.63, 3.8) is 0 Å². The van der Waals surface area contributed by atoms with Crippen LogP contribution in [0.2, 0.25) is 5.02 Å². The molecule has 5 aromatic carbocycles. The fourth-order valence-corrected chi connectivity index (χ4v) is 4.44. The molecule has 0 aliphatic heterocycles. The summed E-state index contributed by atoms with van der Waals surface area (Å²) in [5.41, 5.74) is 5.07. The Kier molecular flexibility index (Phi) is 5.53. The fraction of sp³-hybridized carbons (Fsp3) is 0. The fourth-order valence-electron chi connectivity index (χ4n) is 4.25. The number of nitrogens with zero attached hydrogens (tertiary/aromatic N) is 3. The Bertz CT molecular complexity index is 1640. The molecule has 0 fully saturated rings. The molecular formula is C31H20ClN3. The van der Waals surface area contributed by atoms with Gasteiger partial charge in [-0.15, -0.1) is 0 Å². The maximum absolute atomic E-state index is 6.25. The van der Waals surface area contributed by atoms with Crippen molar-refractivity contribution in [2.75, 3.05) is 0 Å². The summed E-state index contributed by atoms with van der Waals surface area (Å²) in [6.07, 6.45) is 0. The lowest BCUT2D eigenvalue weighted by atomic mass is 9.97. The van der Waals surface area contributed by atoms with E-state index in [0.29, 0.717) is 22.5 Å². The average molecular weight is 470 g/mol. The van der Waals surface area contributed by atoms with E-state index < -0.39 is 0 Å². The number of hydrogen-bond donors (Lipinski definition) is 0. The number of benzene rings is 5. The molecule has 0 unspecified atom stereocenters. The van der Waals surface area contributed by atoms with E-state index in [-0.39, 0.29) is 0 Å². The highest BCUT2D eigenvalue weighted by Gasteiger charge is 2.13. The Hall–Kier alpha value is -4.34. The predicted octanol–water partition coefficient (Wildman–Crippen LogP) is 8.35. The molecule has 0 amide bonds. The lowest BCUT2D eigenvalue weighted by molar-refractivity contribution is 1.07. The third-order valence-corrected chi connectivity index (χ3v) is 6.23. The Morgan fingerprint density at radius 3 is 1.71 bits per heavy atom. The molecule has 0 aliphatic rings. The van der Waals surface area contributed by atoms with Gasteiger partial charge in [0, 0.05) is 21.7 Å². The summed E-state index contributed by atoms with van der Waals surface area (Å²) in [7, 11) is 0. The van der Waals surface area contributed by atoms with Gasteiger partial charge < -0.3 is 0 Å². The van der Waals surface area contributed by atoms with E-state index in [4.69, 9.17) is 26.6 Å². The first-order valence-electron chi connectivity index (χ1n) is 11.4. The Morgan fingerprint density at radius 2 is 0.971 bits per heavy atom. The predicted molar refractivity (Wildman–Crippen MR) is 144 cm³/mol. The van der Waals surface area contributed by atoms with E-state index >= 15 is 0 Å². The van der Waals surface area contributed by atoms with Crippen LogP contribution >= 0.6 is 11.6 Å². The molecule has 0 radical (unpaired) electrons. The second-order valence-corrected chi connectivity index (χ2v) is 8.72. The SMILES string of the molecule is Clc1cccc(-c2nc(-c3ccccc3)nc(-c3ccc(-c4cccc5ccccc45)cc3)n2)c1. The molecule has 6 aromatic rings. The van der Waals surface area contributed by atoms with Gasteiger partial charge >= 0.3 is 0 Å². The van der Waals surface area contributed by atoms with Crippen molar-refractivity contribution in [1.29, 1.82) is 0 Å². The van der Waals surface area contributed by atoms with E-state index in [2.05, 4.69) is 66.7 Å². The van der Waals surface area contributed by atoms with Crippen LogP contribution < -0.4 is 0 Å². The molecule has 6 rings (SSSR count). The largest absolute Gasteiger partial charge is 0.208 e. The topological polar surface area (TPSA) is 38.7 Å². The van der Waals surface area contributed by atoms with Gasteiger partial charge in [-0.1, -0.05) is 121 Å². The summed E-state index contributed by atoms with van der Waals surface area (Å²) in [6, 6.07) is 40.8. The van der Waals surface area contributed by atoms with E-state index in [0.717, 1.165) is 22.3 Å². The molecule has 3 nitrogen and oxygen atoms in total. The van der Waals surface area contributed by atoms with Gasteiger partial charge in [-0.05, 0) is 34.0 Å². The van der Waals surface area contributed by atoms with Gasteiger partial charge in [-0.2, -0.15) is 0 Å². The molecule has 0 spiro atoms. The van der Waals surface area contributed by atoms with Crippen LogP contribution in [0.25, 0.3) is 56.1 Å². The number of halogens is 1. The third kappa shape index (κ3) is 4.30. The van der Waals surface area contributed by atoms with Crippen molar-refractivity contribution in [2.45, 2.75) is 0 Å². The quantitative estimate of drug-likeness (QED) is 0.260. The molecular weight excluding hydrogens is 450 g/mol. The van der Waals surface area contributed by atoms with Gasteiger partial charge in [0.05, 0.1) is 0 Å². The summed E-state index contributed by atoms with van der Waals surface area (Å²) >= 11 is 6.25. The molecule has 166 valence electrons. The van der Waals surface area contributed by atoms with Crippen molar-refractivity contribution in [3.8, 4) is 45.3 Å². The molecule has 0 aliphatic carbocycles. The molecule has 0 saturated carbocycles. The minimum Gasteiger partial charge on any atom is -0.208 e. The first kappa shape index (κ1) is 21.2. The first-order chi connectivity index (χ1) is 17.2. The number of rotatable bonds is 4. The van der Waals surface area contributed by atoms with Crippen LogP contribution in [0.4, 0.5) is 0 Å². The lowest BCUT2D eigenvalue weighted by Gasteiger charge is -2.10. The number of hydrogen-bond acceptors (Lipinski definition) is 3. The molecule has 0 N–H and O–H groups in total. The maximum Gasteiger partial charge on any atom is 0.164 e. The minimum atomic E-state index is 0.592. The molecule has 0 saturated heterocycles. The van der Waals surface area contributed by atoms with E-state index in [9.17, 15) is 0 Å². The summed E-state index contributed by atoms with van der Waals surface area (Å²) in [5.74, 6) is 1.84. The molecule has 35 heavy (non-hydrogen) atoms. The monoisotopic (exact) mass is 469 g/mol. The minimum absolute atomic E-state index is 0.592. The van der Waals surface area contributed by atoms with Crippen LogP contribution in [-0.2, 0) is 0 Å². The number of aromatic nitrogens is 3. The summed E-state index contributed by atoms with van der Waals surface area (Å²) in [6.45, 7) is 0. The smallest absolute Gasteiger partial charge is 0.164 e. The molecule has 1 aromatic heterocycles. The zero-order valence-corrected chi connectivity index (χ0v) is 19.5. The van der Waals surface area contributed by atoms with Crippen LogP contribution in [0, 0.1) is 0 Å². The second-order valence-electron chi connectivity index (χ2n) is 8.29. The van der Waals surface area contributed by atoms with Crippen LogP contribution in [-0.4, -0.2) is 15.0 Å². The van der Waals surface area contributed by atoms with Gasteiger partial charge in [0.1, 0.15) is 0 Å². The normalized spacial score (nSPS) is 11.0. The van der Waals surface area contributed by atoms with Crippen LogP contribution in [0.3, 0.4) is 0 Å². The Balaban J connectivity index is 1.46. The standard InChI is InChI=1S/C31H20ClN3/c32-26-13-6-12-25(20-26)31-34-29(23-9-2-1-3-10-23)33-30(35-31)24-18-16-22(17-19-24)28-15-7-11-21-8-4-5-14-27(21)28/h1-20H. The Labute approximate surface area is 208 Å². The van der Waals surface area contributed by atoms with E-state index in [1.807, 2.05) is 54.6 Å². The summed E-state index contributed by atoms with van der Waals surface area (Å²) in [4.78, 5) is 14.4. The van der Waals surface area contributed by atoms with Crippen LogP contribution in [0.1, 0.15) is 0 Å². The first-order valence-corrected chi connectivity index (χ1v) is 11.8. The summed E-state index contributed by atoms with van der Waals surface area (Å²) in [5, 5.41) is 3.10. The van der Waals surface area contributed by atoms with E-state index in [1.54, 1.807) is 0 Å². The Morgan fingerprint density at radius 1 is 0.429 bits per heavy atom. The van der Waals surface area contributed by atoms with Crippen molar-refractivity contribution in [2.24, 2.45) is 0 Å². The van der Waals surface area contributed by atoms with Gasteiger partial charge in [0.15, 0.2) is 17.5 Å². The third-order valence-electron chi connectivity index (χ3n) is 5.99. The molecule has 0 atom stereocenters. The van der Waals surface area contributed by atoms with Gasteiger partial charge in [0.2, 0.25) is 0 Å². The van der Waals surface area contributed by atoms with Gasteiger partial charge in [0.25, 0.3) is 0 Å². The van der Waals surface area contributed by atoms with Gasteiger partial charge in [-0.25, -0.2) is 15.0 Å². The van der Waals surface area contributed by atoms with Gasteiger partial charge in [-0.3, -0.25) is 0 Å². The van der Waals surface area contributed by atoms with Crippen molar-refractivity contribution in [3.05, 3.63) is 126 Å². The highest BCUT2D eigenvalue weighted by atomic mass is 35.5. The van der Waals surface area contributed by atoms with Crippen molar-refractivity contribution < 1.29 is 0 Å². The summed E-state index contributed by atoms with van der Waals surface area (Å²) < 4.78 is 0. The molecule has 4 heteroatoms. The zero-order chi connectivity index (χ0) is 23.6. The van der Waals surface area contributed by atoms with Crippen molar-refractivity contribution in [1.82, 2.24) is 15.0 Å². The highest BCUT2D eigenvalue weighted by Crippen LogP contribution is 2.31. The maximum atomic E-state index is 6.25. The van der Waals surface area contributed by atoms with Crippen LogP contribution in [0.5, 0.6) is 0 Å². The molecule has 1 heterocycles. The average Bonchev–Trinajstić information content (AvgIpc) is 2.93. The van der Waals surface area contributed by atoms with Crippen LogP contribution in [0.15, 0.2) is 121 Å².